The molecule has 0 bridgehead atoms. The molecule has 1 aliphatic heterocycles. The van der Waals surface area contributed by atoms with Gasteiger partial charge in [0.25, 0.3) is 5.56 Å². The van der Waals surface area contributed by atoms with Gasteiger partial charge in [-0.2, -0.15) is 0 Å². The average Bonchev–Trinajstić information content (AvgIpc) is 2.44. The average molecular weight is 359 g/mol. The number of carbonyl (C=O) groups is 1. The first kappa shape index (κ1) is 16.0. The van der Waals surface area contributed by atoms with Crippen molar-refractivity contribution in [2.24, 2.45) is 5.73 Å². The lowest BCUT2D eigenvalue weighted by molar-refractivity contribution is -0.136. The highest BCUT2D eigenvalue weighted by Gasteiger charge is 2.29. The molecule has 21 heavy (non-hydrogen) atoms. The van der Waals surface area contributed by atoms with E-state index in [9.17, 15) is 14.4 Å². The van der Waals surface area contributed by atoms with Crippen molar-refractivity contribution in [3.8, 4) is 0 Å². The molecule has 1 amide bonds. The SMILES string of the molecule is CC(N)C1CCCCN1C(=O)Cn1cc(Br)c(=O)[nH]c1=O. The van der Waals surface area contributed by atoms with E-state index in [2.05, 4.69) is 20.9 Å². The maximum absolute atomic E-state index is 12.4. The molecule has 0 aromatic carbocycles. The van der Waals surface area contributed by atoms with Gasteiger partial charge in [0.2, 0.25) is 5.91 Å². The summed E-state index contributed by atoms with van der Waals surface area (Å²) in [5.74, 6) is -0.155. The Balaban J connectivity index is 2.19. The fraction of sp³-hybridized carbons (Fsp3) is 0.615. The molecule has 1 aliphatic rings. The number of nitrogens with zero attached hydrogens (tertiary/aromatic N) is 2. The number of likely N-dealkylation sites (tertiary alicyclic amines) is 1. The summed E-state index contributed by atoms with van der Waals surface area (Å²) >= 11 is 3.05. The van der Waals surface area contributed by atoms with Crippen molar-refractivity contribution in [2.45, 2.75) is 44.8 Å². The summed E-state index contributed by atoms with van der Waals surface area (Å²) < 4.78 is 1.41. The van der Waals surface area contributed by atoms with Crippen LogP contribution in [0.2, 0.25) is 0 Å². The number of nitrogens with two attached hydrogens (primary N) is 1. The molecule has 0 saturated carbocycles. The number of aromatic amines is 1. The van der Waals surface area contributed by atoms with E-state index in [1.54, 1.807) is 4.90 Å². The molecule has 1 fully saturated rings. The van der Waals surface area contributed by atoms with Gasteiger partial charge in [0, 0.05) is 24.8 Å². The number of aromatic nitrogens is 2. The minimum absolute atomic E-state index is 0.00755. The van der Waals surface area contributed by atoms with Gasteiger partial charge in [-0.3, -0.25) is 19.1 Å². The third kappa shape index (κ3) is 3.62. The molecule has 2 atom stereocenters. The highest BCUT2D eigenvalue weighted by atomic mass is 79.9. The van der Waals surface area contributed by atoms with Gasteiger partial charge in [-0.25, -0.2) is 4.79 Å². The monoisotopic (exact) mass is 358 g/mol. The van der Waals surface area contributed by atoms with Gasteiger partial charge >= 0.3 is 5.69 Å². The quantitative estimate of drug-likeness (QED) is 0.795. The number of nitrogens with one attached hydrogen (secondary N) is 1. The van der Waals surface area contributed by atoms with Crippen molar-refractivity contribution in [3.05, 3.63) is 31.5 Å². The van der Waals surface area contributed by atoms with E-state index in [0.29, 0.717) is 6.54 Å². The molecule has 1 aromatic heterocycles. The number of halogens is 1. The Kier molecular flexibility index (Phi) is 5.00. The van der Waals surface area contributed by atoms with Gasteiger partial charge in [0.1, 0.15) is 6.54 Å². The third-order valence-electron chi connectivity index (χ3n) is 3.75. The van der Waals surface area contributed by atoms with Crippen LogP contribution >= 0.6 is 15.9 Å². The summed E-state index contributed by atoms with van der Waals surface area (Å²) in [7, 11) is 0. The first-order valence-corrected chi connectivity index (χ1v) is 7.73. The van der Waals surface area contributed by atoms with E-state index < -0.39 is 11.2 Å². The Morgan fingerprint density at radius 3 is 2.90 bits per heavy atom. The molecule has 2 heterocycles. The number of hydrogen-bond donors (Lipinski definition) is 2. The van der Waals surface area contributed by atoms with Crippen LogP contribution in [0, 0.1) is 0 Å². The number of H-pyrrole nitrogens is 1. The molecular formula is C13H19BrN4O3. The molecule has 0 aliphatic carbocycles. The molecule has 1 saturated heterocycles. The summed E-state index contributed by atoms with van der Waals surface area (Å²) in [4.78, 5) is 39.4. The third-order valence-corrected chi connectivity index (χ3v) is 4.31. The van der Waals surface area contributed by atoms with Crippen LogP contribution in [0.15, 0.2) is 20.3 Å². The van der Waals surface area contributed by atoms with Gasteiger partial charge in [-0.15, -0.1) is 0 Å². The van der Waals surface area contributed by atoms with E-state index in [-0.39, 0.29) is 29.0 Å². The largest absolute Gasteiger partial charge is 0.337 e. The first-order chi connectivity index (χ1) is 9.90. The Labute approximate surface area is 130 Å². The summed E-state index contributed by atoms with van der Waals surface area (Å²) in [5, 5.41) is 0. The topological polar surface area (TPSA) is 101 Å². The van der Waals surface area contributed by atoms with Crippen molar-refractivity contribution >= 4 is 21.8 Å². The van der Waals surface area contributed by atoms with Crippen LogP contribution in [0.5, 0.6) is 0 Å². The minimum Gasteiger partial charge on any atom is -0.337 e. The van der Waals surface area contributed by atoms with Gasteiger partial charge in [0.05, 0.1) is 4.47 Å². The molecule has 8 heteroatoms. The maximum atomic E-state index is 12.4. The van der Waals surface area contributed by atoms with Crippen molar-refractivity contribution < 1.29 is 4.79 Å². The van der Waals surface area contributed by atoms with Gasteiger partial charge < -0.3 is 10.6 Å². The van der Waals surface area contributed by atoms with Crippen LogP contribution in [0.25, 0.3) is 0 Å². The Hall–Kier alpha value is -1.41. The van der Waals surface area contributed by atoms with Gasteiger partial charge in [-0.05, 0) is 42.1 Å². The molecule has 7 nitrogen and oxygen atoms in total. The van der Waals surface area contributed by atoms with Crippen molar-refractivity contribution in [1.29, 1.82) is 0 Å². The standard InChI is InChI=1S/C13H19BrN4O3/c1-8(15)10-4-2-3-5-18(10)11(19)7-17-6-9(14)12(20)16-13(17)21/h6,8,10H,2-5,7,15H2,1H3,(H,16,20,21). The fourth-order valence-corrected chi connectivity index (χ4v) is 3.00. The minimum atomic E-state index is -0.592. The molecule has 0 spiro atoms. The zero-order chi connectivity index (χ0) is 15.6. The molecule has 2 rings (SSSR count). The lowest BCUT2D eigenvalue weighted by atomic mass is 9.97. The molecular weight excluding hydrogens is 340 g/mol. The molecule has 0 radical (unpaired) electrons. The second-order valence-corrected chi connectivity index (χ2v) is 6.23. The van der Waals surface area contributed by atoms with Gasteiger partial charge in [-0.1, -0.05) is 0 Å². The van der Waals surface area contributed by atoms with Crippen molar-refractivity contribution in [3.63, 3.8) is 0 Å². The van der Waals surface area contributed by atoms with E-state index in [4.69, 9.17) is 5.73 Å². The normalized spacial score (nSPS) is 20.3. The lowest BCUT2D eigenvalue weighted by Crippen LogP contribution is -2.53. The Bertz CT molecular complexity index is 637. The number of hydrogen-bond acceptors (Lipinski definition) is 4. The Morgan fingerprint density at radius 1 is 1.52 bits per heavy atom. The zero-order valence-corrected chi connectivity index (χ0v) is 13.4. The van der Waals surface area contributed by atoms with E-state index in [1.165, 1.54) is 10.8 Å². The molecule has 1 aromatic rings. The summed E-state index contributed by atoms with van der Waals surface area (Å²) in [5.41, 5.74) is 4.85. The van der Waals surface area contributed by atoms with Crippen LogP contribution in [0.1, 0.15) is 26.2 Å². The van der Waals surface area contributed by atoms with Crippen LogP contribution in [-0.2, 0) is 11.3 Å². The van der Waals surface area contributed by atoms with Crippen molar-refractivity contribution in [2.75, 3.05) is 6.54 Å². The van der Waals surface area contributed by atoms with Gasteiger partial charge in [0.15, 0.2) is 0 Å². The predicted octanol–water partition coefficient (Wildman–Crippen LogP) is 0.0274. The second kappa shape index (κ2) is 6.57. The van der Waals surface area contributed by atoms with Crippen LogP contribution in [0.3, 0.4) is 0 Å². The predicted molar refractivity (Wildman–Crippen MR) is 82.0 cm³/mol. The van der Waals surface area contributed by atoms with Crippen molar-refractivity contribution in [1.82, 2.24) is 14.5 Å². The first-order valence-electron chi connectivity index (χ1n) is 6.94. The molecule has 3 N–H and O–H groups in total. The van der Waals surface area contributed by atoms with Crippen LogP contribution in [0.4, 0.5) is 0 Å². The highest BCUT2D eigenvalue weighted by Crippen LogP contribution is 2.19. The van der Waals surface area contributed by atoms with E-state index >= 15 is 0 Å². The molecule has 2 unspecified atom stereocenters. The summed E-state index contributed by atoms with van der Waals surface area (Å²) in [6.45, 7) is 2.45. The molecule has 116 valence electrons. The number of piperidine rings is 1. The summed E-state index contributed by atoms with van der Waals surface area (Å²) in [6, 6.07) is -0.0959. The van der Waals surface area contributed by atoms with E-state index in [1.807, 2.05) is 6.92 Å². The number of carbonyl (C=O) groups excluding carboxylic acids is 1. The second-order valence-electron chi connectivity index (χ2n) is 5.37. The number of amides is 1. The van der Waals surface area contributed by atoms with Crippen LogP contribution in [-0.4, -0.2) is 39.0 Å². The Morgan fingerprint density at radius 2 is 2.24 bits per heavy atom. The smallest absolute Gasteiger partial charge is 0.328 e. The fourth-order valence-electron chi connectivity index (χ4n) is 2.65. The van der Waals surface area contributed by atoms with Crippen LogP contribution < -0.4 is 17.0 Å². The highest BCUT2D eigenvalue weighted by molar-refractivity contribution is 9.10. The zero-order valence-electron chi connectivity index (χ0n) is 11.8. The maximum Gasteiger partial charge on any atom is 0.328 e. The summed E-state index contributed by atoms with van der Waals surface area (Å²) in [6.07, 6.45) is 4.22. The number of rotatable bonds is 3. The van der Waals surface area contributed by atoms with E-state index in [0.717, 1.165) is 19.3 Å². The lowest BCUT2D eigenvalue weighted by Gasteiger charge is -2.38.